The Morgan fingerprint density at radius 1 is 1.12 bits per heavy atom. The van der Waals surface area contributed by atoms with Gasteiger partial charge in [-0.3, -0.25) is 0 Å². The van der Waals surface area contributed by atoms with Gasteiger partial charge in [-0.25, -0.2) is 0 Å². The number of rotatable bonds is 9. The molecule has 0 N–H and O–H groups in total. The first kappa shape index (κ1) is 22.5. The lowest BCUT2D eigenvalue weighted by Crippen LogP contribution is -2.33. The van der Waals surface area contributed by atoms with Crippen LogP contribution >= 0.6 is 7.47 Å². The van der Waals surface area contributed by atoms with E-state index >= 15 is 0 Å². The van der Waals surface area contributed by atoms with E-state index in [9.17, 15) is 4.57 Å². The van der Waals surface area contributed by atoms with E-state index in [1.807, 2.05) is 13.8 Å². The molecule has 3 unspecified atom stereocenters. The molecule has 0 aliphatic carbocycles. The molecule has 2 heterocycles. The van der Waals surface area contributed by atoms with Crippen LogP contribution in [0.1, 0.15) is 13.8 Å². The lowest BCUT2D eigenvalue weighted by atomic mass is 9.49. The van der Waals surface area contributed by atoms with E-state index in [1.165, 1.54) is 7.17 Å². The van der Waals surface area contributed by atoms with Crippen LogP contribution in [-0.2, 0) is 32.6 Å². The molecule has 7 nitrogen and oxygen atoms in total. The fourth-order valence-electron chi connectivity index (χ4n) is 3.34. The van der Waals surface area contributed by atoms with Gasteiger partial charge in [0.1, 0.15) is 21.4 Å². The van der Waals surface area contributed by atoms with Gasteiger partial charge in [0.2, 0.25) is 0 Å². The van der Waals surface area contributed by atoms with Gasteiger partial charge < -0.3 is 32.6 Å². The average Bonchev–Trinajstić information content (AvgIpc) is 3.04. The van der Waals surface area contributed by atoms with Crippen molar-refractivity contribution in [2.24, 2.45) is 11.8 Å². The van der Waals surface area contributed by atoms with Crippen molar-refractivity contribution >= 4 is 37.8 Å². The first-order valence-electron chi connectivity index (χ1n) is 8.33. The van der Waals surface area contributed by atoms with Crippen LogP contribution in [0.15, 0.2) is 0 Å². The molecule has 0 aromatic heterocycles. The highest BCUT2D eigenvalue weighted by atomic mass is 31.2. The van der Waals surface area contributed by atoms with E-state index in [-0.39, 0.29) is 42.8 Å². The largest absolute Gasteiger partial charge is 0.382 e. The van der Waals surface area contributed by atoms with Crippen molar-refractivity contribution in [1.82, 2.24) is 0 Å². The fraction of sp³-hybridized carbons (Fsp3) is 1.00. The molecular weight excluding hydrogens is 354 g/mol. The van der Waals surface area contributed by atoms with E-state index in [2.05, 4.69) is 0 Å². The Kier molecular flexibility index (Phi) is 8.35. The van der Waals surface area contributed by atoms with Gasteiger partial charge in [-0.1, -0.05) is 13.8 Å². The van der Waals surface area contributed by atoms with Crippen molar-refractivity contribution in [3.05, 3.63) is 0 Å². The quantitative estimate of drug-likeness (QED) is 0.382. The second-order valence-corrected chi connectivity index (χ2v) is 7.35. The monoisotopic (exact) mass is 382 g/mol. The predicted molar refractivity (Wildman–Crippen MR) is 104 cm³/mol. The highest BCUT2D eigenvalue weighted by Gasteiger charge is 2.43. The van der Waals surface area contributed by atoms with E-state index < -0.39 is 27.1 Å². The normalized spacial score (nSPS) is 42.7. The van der Waals surface area contributed by atoms with Crippen molar-refractivity contribution in [2.75, 3.05) is 27.4 Å². The zero-order valence-electron chi connectivity index (χ0n) is 15.1. The Morgan fingerprint density at radius 2 is 1.81 bits per heavy atom. The third-order valence-electron chi connectivity index (χ3n) is 4.84. The maximum absolute atomic E-state index is 12.9. The zero-order chi connectivity index (χ0) is 19.5. The molecule has 0 saturated carbocycles. The molecule has 0 aromatic carbocycles. The van der Waals surface area contributed by atoms with Crippen LogP contribution in [-0.4, -0.2) is 94.2 Å². The number of ether oxygens (including phenoxy) is 4. The minimum Gasteiger partial charge on any atom is -0.382 e. The molecule has 0 amide bonds. The molecule has 0 aromatic rings. The van der Waals surface area contributed by atoms with E-state index in [0.29, 0.717) is 6.61 Å². The molecule has 2 aliphatic heterocycles. The third kappa shape index (κ3) is 5.19. The van der Waals surface area contributed by atoms with Crippen LogP contribution in [0, 0.1) is 11.8 Å². The van der Waals surface area contributed by atoms with E-state index in [1.54, 1.807) is 14.2 Å². The maximum atomic E-state index is 12.9. The van der Waals surface area contributed by atoms with Gasteiger partial charge in [-0.15, -0.1) is 0 Å². The maximum Gasteiger partial charge on any atom is 0.147 e. The van der Waals surface area contributed by atoms with Crippen molar-refractivity contribution in [2.45, 2.75) is 50.3 Å². The molecule has 12 heteroatoms. The highest BCUT2D eigenvalue weighted by Crippen LogP contribution is 2.48. The van der Waals surface area contributed by atoms with E-state index in [0.717, 1.165) is 0 Å². The third-order valence-corrected chi connectivity index (χ3v) is 5.62. The van der Waals surface area contributed by atoms with Gasteiger partial charge in [0.25, 0.3) is 0 Å². The summed E-state index contributed by atoms with van der Waals surface area (Å²) in [4.78, 5) is 0. The van der Waals surface area contributed by atoms with Gasteiger partial charge in [0.15, 0.2) is 0 Å². The molecule has 2 fully saturated rings. The predicted octanol–water partition coefficient (Wildman–Crippen LogP) is -0.799. The summed E-state index contributed by atoms with van der Waals surface area (Å²) in [7, 11) is 12.5. The van der Waals surface area contributed by atoms with Crippen LogP contribution in [0.2, 0.25) is 0 Å². The Balaban J connectivity index is 1.91. The summed E-state index contributed by atoms with van der Waals surface area (Å²) in [5.41, 5.74) is 0. The van der Waals surface area contributed by atoms with Crippen molar-refractivity contribution in [3.8, 4) is 0 Å². The summed E-state index contributed by atoms with van der Waals surface area (Å²) in [6.45, 7) is 4.49. The highest BCUT2D eigenvalue weighted by molar-refractivity contribution is 7.79. The Labute approximate surface area is 160 Å². The molecule has 143 valence electrons. The van der Waals surface area contributed by atoms with Crippen LogP contribution in [0.5, 0.6) is 0 Å². The lowest BCUT2D eigenvalue weighted by molar-refractivity contribution is -0.0215. The number of hydrogen-bond acceptors (Lipinski definition) is 7. The number of methoxy groups -OCH3 is 2. The van der Waals surface area contributed by atoms with Gasteiger partial charge >= 0.3 is 0 Å². The summed E-state index contributed by atoms with van der Waals surface area (Å²) < 4.78 is 46.5. The van der Waals surface area contributed by atoms with Crippen LogP contribution in [0.3, 0.4) is 0 Å². The zero-order valence-corrected chi connectivity index (χ0v) is 16.0. The second kappa shape index (κ2) is 9.64. The number of hydrogen-bond donors (Lipinski definition) is 0. The average molecular weight is 382 g/mol. The molecule has 0 spiro atoms. The molecule has 2 aliphatic rings. The van der Waals surface area contributed by atoms with Gasteiger partial charge in [0, 0.05) is 45.8 Å². The van der Waals surface area contributed by atoms with E-state index in [4.69, 9.17) is 43.6 Å². The molecule has 9 atom stereocenters. The molecule has 0 bridgehead atoms. The van der Waals surface area contributed by atoms with Crippen molar-refractivity contribution in [3.63, 3.8) is 0 Å². The first-order valence-corrected chi connectivity index (χ1v) is 9.42. The first-order chi connectivity index (χ1) is 12.2. The molecule has 2 rings (SSSR count). The van der Waals surface area contributed by atoms with Gasteiger partial charge in [0.05, 0.1) is 46.3 Å². The van der Waals surface area contributed by atoms with Crippen molar-refractivity contribution in [1.29, 1.82) is 0 Å². The Morgan fingerprint density at radius 3 is 2.38 bits per heavy atom. The Hall–Kier alpha value is 0.250. The SMILES string of the molecule is [B][B][C@@H]1O[C@H](COP([BH3-])(=O)O[C@H]2C(C)[C@@H](COC)O[C@H]2[B])C(OC)[C@@H]1C. The topological polar surface area (TPSA) is 72.5 Å². The van der Waals surface area contributed by atoms with Crippen LogP contribution < -0.4 is 0 Å². The van der Waals surface area contributed by atoms with Gasteiger partial charge in [-0.2, -0.15) is 0 Å². The van der Waals surface area contributed by atoms with Crippen LogP contribution in [0.25, 0.3) is 0 Å². The fourth-order valence-corrected chi connectivity index (χ4v) is 4.18. The summed E-state index contributed by atoms with van der Waals surface area (Å²) in [6.07, 6.45) is -1.19. The molecule has 26 heavy (non-hydrogen) atoms. The van der Waals surface area contributed by atoms with Crippen molar-refractivity contribution < 1.29 is 32.6 Å². The molecule has 2 saturated heterocycles. The van der Waals surface area contributed by atoms with Gasteiger partial charge in [-0.05, 0) is 0 Å². The van der Waals surface area contributed by atoms with Crippen LogP contribution in [0.4, 0.5) is 0 Å². The summed E-state index contributed by atoms with van der Waals surface area (Å²) in [5, 5.41) is 0. The lowest BCUT2D eigenvalue weighted by Gasteiger charge is -2.29. The molecular formula is C14H27B4O7P-. The summed E-state index contributed by atoms with van der Waals surface area (Å²) in [5.74, 6) is 0.0556. The smallest absolute Gasteiger partial charge is 0.147 e. The minimum atomic E-state index is -3.13. The standard InChI is InChI=1S/C14H27B4O7P/c1-7-9(5-20-3)23-13(15)12(7)25-26(17,19)22-6-10-11(21-4)8(2)14(18-16)24-10/h7-14H,5-6H2,1-4,17H3/q-1/t7?,8-,9+,10+,11?,12-,13+,14+,26?/m0/s1. The summed E-state index contributed by atoms with van der Waals surface area (Å²) >= 11 is 0. The summed E-state index contributed by atoms with van der Waals surface area (Å²) in [6, 6.07) is -0.866. The molecule has 5 radical (unpaired) electrons. The Bertz CT molecular complexity index is 502. The minimum absolute atomic E-state index is 0.0364. The second-order valence-electron chi connectivity index (χ2n) is 6.43.